The minimum absolute atomic E-state index is 0.0232. The number of hydrogen-bond acceptors (Lipinski definition) is 2. The summed E-state index contributed by atoms with van der Waals surface area (Å²) >= 11 is 0. The molecule has 3 nitrogen and oxygen atoms in total. The van der Waals surface area contributed by atoms with Crippen LogP contribution >= 0.6 is 0 Å². The molecule has 0 N–H and O–H groups in total. The predicted octanol–water partition coefficient (Wildman–Crippen LogP) is 3.54. The minimum atomic E-state index is -4.57. The molecule has 0 atom stereocenters. The van der Waals surface area contributed by atoms with Crippen molar-refractivity contribution in [2.75, 3.05) is 0 Å². The Balaban J connectivity index is 2.60. The third-order valence-corrected chi connectivity index (χ3v) is 2.78. The van der Waals surface area contributed by atoms with Crippen molar-refractivity contribution in [2.45, 2.75) is 20.0 Å². The Morgan fingerprint density at radius 3 is 2.45 bits per heavy atom. The number of aryl methyl sites for hydroxylation is 1. The van der Waals surface area contributed by atoms with E-state index in [1.807, 2.05) is 0 Å². The van der Waals surface area contributed by atoms with Crippen LogP contribution in [0.3, 0.4) is 0 Å². The SMILES string of the molecule is CC(=O)c1cc(F)c(C)cc1-n1ccc(C(F)(F)F)n1. The first-order valence-electron chi connectivity index (χ1n) is 5.64. The summed E-state index contributed by atoms with van der Waals surface area (Å²) in [6.07, 6.45) is -3.49. The van der Waals surface area contributed by atoms with Crippen molar-refractivity contribution in [1.82, 2.24) is 9.78 Å². The van der Waals surface area contributed by atoms with E-state index in [2.05, 4.69) is 5.10 Å². The van der Waals surface area contributed by atoms with Gasteiger partial charge in [-0.1, -0.05) is 0 Å². The average Bonchev–Trinajstić information content (AvgIpc) is 2.80. The van der Waals surface area contributed by atoms with Crippen molar-refractivity contribution in [2.24, 2.45) is 0 Å². The molecule has 0 amide bonds. The second-order valence-electron chi connectivity index (χ2n) is 4.32. The molecule has 1 aromatic carbocycles. The van der Waals surface area contributed by atoms with Gasteiger partial charge in [0.15, 0.2) is 11.5 Å². The number of benzene rings is 1. The summed E-state index contributed by atoms with van der Waals surface area (Å²) in [6.45, 7) is 2.67. The van der Waals surface area contributed by atoms with Crippen molar-refractivity contribution in [3.63, 3.8) is 0 Å². The maximum Gasteiger partial charge on any atom is 0.435 e. The van der Waals surface area contributed by atoms with Gasteiger partial charge in [0, 0.05) is 11.8 Å². The first-order valence-corrected chi connectivity index (χ1v) is 5.64. The fourth-order valence-corrected chi connectivity index (χ4v) is 1.75. The van der Waals surface area contributed by atoms with Gasteiger partial charge in [0.05, 0.1) is 5.69 Å². The topological polar surface area (TPSA) is 34.9 Å². The Bertz CT molecular complexity index is 673. The van der Waals surface area contributed by atoms with E-state index in [-0.39, 0.29) is 16.8 Å². The molecule has 1 heterocycles. The molecule has 1 aromatic heterocycles. The lowest BCUT2D eigenvalue weighted by Crippen LogP contribution is -2.10. The van der Waals surface area contributed by atoms with Crippen molar-refractivity contribution in [1.29, 1.82) is 0 Å². The molecule has 0 saturated carbocycles. The number of carbonyl (C=O) groups is 1. The van der Waals surface area contributed by atoms with Crippen LogP contribution < -0.4 is 0 Å². The average molecular weight is 286 g/mol. The summed E-state index contributed by atoms with van der Waals surface area (Å²) < 4.78 is 51.9. The number of ketones is 1. The number of halogens is 4. The molecule has 0 saturated heterocycles. The molecule has 2 aromatic rings. The Morgan fingerprint density at radius 2 is 1.95 bits per heavy atom. The van der Waals surface area contributed by atoms with E-state index in [9.17, 15) is 22.4 Å². The van der Waals surface area contributed by atoms with E-state index in [1.54, 1.807) is 0 Å². The van der Waals surface area contributed by atoms with Crippen LogP contribution in [0, 0.1) is 12.7 Å². The predicted molar refractivity (Wildman–Crippen MR) is 63.3 cm³/mol. The highest BCUT2D eigenvalue weighted by Crippen LogP contribution is 2.28. The Labute approximate surface area is 111 Å². The second-order valence-corrected chi connectivity index (χ2v) is 4.32. The van der Waals surface area contributed by atoms with E-state index < -0.39 is 23.5 Å². The number of hydrogen-bond donors (Lipinski definition) is 0. The maximum absolute atomic E-state index is 13.5. The number of Topliss-reactive ketones (excluding diaryl/α,β-unsaturated/α-hetero) is 1. The quantitative estimate of drug-likeness (QED) is 0.625. The van der Waals surface area contributed by atoms with Gasteiger partial charge in [-0.25, -0.2) is 9.07 Å². The summed E-state index contributed by atoms with van der Waals surface area (Å²) in [5, 5.41) is 3.38. The zero-order chi connectivity index (χ0) is 15.1. The molecule has 2 rings (SSSR count). The van der Waals surface area contributed by atoms with E-state index >= 15 is 0 Å². The van der Waals surface area contributed by atoms with Gasteiger partial charge < -0.3 is 0 Å². The molecule has 0 aliphatic heterocycles. The van der Waals surface area contributed by atoms with Crippen LogP contribution in [0.25, 0.3) is 5.69 Å². The Kier molecular flexibility index (Phi) is 3.37. The van der Waals surface area contributed by atoms with Gasteiger partial charge in [0.1, 0.15) is 5.82 Å². The molecule has 7 heteroatoms. The third-order valence-electron chi connectivity index (χ3n) is 2.78. The lowest BCUT2D eigenvalue weighted by molar-refractivity contribution is -0.141. The number of nitrogens with zero attached hydrogens (tertiary/aromatic N) is 2. The van der Waals surface area contributed by atoms with Gasteiger partial charge >= 0.3 is 6.18 Å². The normalized spacial score (nSPS) is 11.7. The van der Waals surface area contributed by atoms with Crippen LogP contribution in [-0.2, 0) is 6.18 Å². The Hall–Kier alpha value is -2.18. The molecule has 0 bridgehead atoms. The highest BCUT2D eigenvalue weighted by Gasteiger charge is 2.33. The smallest absolute Gasteiger partial charge is 0.294 e. The molecule has 0 aliphatic rings. The molecule has 0 fully saturated rings. The number of alkyl halides is 3. The second kappa shape index (κ2) is 4.73. The van der Waals surface area contributed by atoms with E-state index in [1.165, 1.54) is 19.9 Å². The van der Waals surface area contributed by atoms with Gasteiger partial charge in [-0.05, 0) is 37.6 Å². The standard InChI is InChI=1S/C13H10F4N2O/c1-7-5-11(9(8(2)20)6-10(7)14)19-4-3-12(18-19)13(15,16)17/h3-6H,1-2H3. The van der Waals surface area contributed by atoms with Crippen LogP contribution in [0.2, 0.25) is 0 Å². The first kappa shape index (κ1) is 14.2. The van der Waals surface area contributed by atoms with Crippen LogP contribution in [0.1, 0.15) is 28.5 Å². The summed E-state index contributed by atoms with van der Waals surface area (Å²) in [4.78, 5) is 11.5. The van der Waals surface area contributed by atoms with Gasteiger partial charge in [-0.2, -0.15) is 18.3 Å². The van der Waals surface area contributed by atoms with Crippen LogP contribution in [-0.4, -0.2) is 15.6 Å². The van der Waals surface area contributed by atoms with Crippen LogP contribution in [0.5, 0.6) is 0 Å². The molecule has 0 unspecified atom stereocenters. The number of carbonyl (C=O) groups excluding carboxylic acids is 1. The highest BCUT2D eigenvalue weighted by molar-refractivity contribution is 5.97. The Morgan fingerprint density at radius 1 is 1.30 bits per heavy atom. The molecule has 20 heavy (non-hydrogen) atoms. The lowest BCUT2D eigenvalue weighted by atomic mass is 10.1. The minimum Gasteiger partial charge on any atom is -0.294 e. The zero-order valence-electron chi connectivity index (χ0n) is 10.6. The van der Waals surface area contributed by atoms with E-state index in [0.29, 0.717) is 0 Å². The molecule has 0 radical (unpaired) electrons. The molecular weight excluding hydrogens is 276 g/mol. The van der Waals surface area contributed by atoms with Crippen molar-refractivity contribution >= 4 is 5.78 Å². The van der Waals surface area contributed by atoms with Crippen molar-refractivity contribution < 1.29 is 22.4 Å². The largest absolute Gasteiger partial charge is 0.435 e. The molecular formula is C13H10F4N2O. The first-order chi connectivity index (χ1) is 9.20. The number of rotatable bonds is 2. The zero-order valence-corrected chi connectivity index (χ0v) is 10.6. The summed E-state index contributed by atoms with van der Waals surface area (Å²) in [5.74, 6) is -1.05. The van der Waals surface area contributed by atoms with Gasteiger partial charge in [0.2, 0.25) is 0 Å². The van der Waals surface area contributed by atoms with Crippen molar-refractivity contribution in [3.05, 3.63) is 47.0 Å². The van der Waals surface area contributed by atoms with Gasteiger partial charge in [0.25, 0.3) is 0 Å². The fourth-order valence-electron chi connectivity index (χ4n) is 1.75. The lowest BCUT2D eigenvalue weighted by Gasteiger charge is -2.09. The fraction of sp³-hybridized carbons (Fsp3) is 0.231. The van der Waals surface area contributed by atoms with E-state index in [0.717, 1.165) is 23.0 Å². The number of aromatic nitrogens is 2. The molecule has 106 valence electrons. The summed E-state index contributed by atoms with van der Waals surface area (Å²) in [7, 11) is 0. The molecule has 0 spiro atoms. The van der Waals surface area contributed by atoms with Crippen molar-refractivity contribution in [3.8, 4) is 5.69 Å². The maximum atomic E-state index is 13.5. The van der Waals surface area contributed by atoms with E-state index in [4.69, 9.17) is 0 Å². The highest BCUT2D eigenvalue weighted by atomic mass is 19.4. The molecule has 0 aliphatic carbocycles. The summed E-state index contributed by atoms with van der Waals surface area (Å²) in [5.41, 5.74) is -0.764. The van der Waals surface area contributed by atoms with Gasteiger partial charge in [-0.15, -0.1) is 0 Å². The third kappa shape index (κ3) is 2.56. The monoisotopic (exact) mass is 286 g/mol. The van der Waals surface area contributed by atoms with Gasteiger partial charge in [-0.3, -0.25) is 4.79 Å². The van der Waals surface area contributed by atoms with Crippen LogP contribution in [0.15, 0.2) is 24.4 Å². The van der Waals surface area contributed by atoms with Crippen LogP contribution in [0.4, 0.5) is 17.6 Å². The summed E-state index contributed by atoms with van der Waals surface area (Å²) in [6, 6.07) is 3.09.